The molecule has 352 valence electrons. The Kier molecular flexibility index (Phi) is 41.9. The zero-order valence-electron chi connectivity index (χ0n) is 40.4. The van der Waals surface area contributed by atoms with Crippen molar-refractivity contribution >= 4 is 5.97 Å². The second-order valence-corrected chi connectivity index (χ2v) is 18.5. The van der Waals surface area contributed by atoms with Crippen molar-refractivity contribution in [1.82, 2.24) is 4.90 Å². The lowest BCUT2D eigenvalue weighted by molar-refractivity contribution is -0.184. The summed E-state index contributed by atoms with van der Waals surface area (Å²) in [7, 11) is 3.95. The molecule has 1 aliphatic rings. The fourth-order valence-electron chi connectivity index (χ4n) is 8.37. The number of ether oxygens (including phenoxy) is 5. The van der Waals surface area contributed by atoms with Crippen LogP contribution in [0.4, 0.5) is 0 Å². The third kappa shape index (κ3) is 35.4. The molecule has 1 aliphatic heterocycles. The standard InChI is InChI=1S/C52H103NO6/c1-6-9-12-15-18-21-24-27-30-33-36-39-44-55-50-48(47-58-49(54)42-43-53(4)5)59-52(57-46-41-38-35-32-29-26-23-20-17-14-11-8-3)51(50)56-45-40-37-34-31-28-25-22-19-16-13-10-7-2/h48,50-52H,6-47H2,1-5H3/t48-,50+,51?,52-/m1/s1. The van der Waals surface area contributed by atoms with Gasteiger partial charge < -0.3 is 28.6 Å². The third-order valence-electron chi connectivity index (χ3n) is 12.3. The van der Waals surface area contributed by atoms with Gasteiger partial charge in [-0.1, -0.05) is 233 Å². The Labute approximate surface area is 368 Å². The molecule has 7 nitrogen and oxygen atoms in total. The monoisotopic (exact) mass is 838 g/mol. The van der Waals surface area contributed by atoms with Gasteiger partial charge in [-0.3, -0.25) is 4.79 Å². The van der Waals surface area contributed by atoms with Gasteiger partial charge in [-0.05, 0) is 33.4 Å². The van der Waals surface area contributed by atoms with Crippen molar-refractivity contribution in [2.75, 3.05) is 47.1 Å². The minimum absolute atomic E-state index is 0.173. The van der Waals surface area contributed by atoms with Gasteiger partial charge in [0.15, 0.2) is 6.29 Å². The zero-order chi connectivity index (χ0) is 42.7. The van der Waals surface area contributed by atoms with Crippen LogP contribution in [0.1, 0.15) is 258 Å². The van der Waals surface area contributed by atoms with Crippen LogP contribution in [0.2, 0.25) is 0 Å². The molecule has 0 aromatic heterocycles. The van der Waals surface area contributed by atoms with E-state index in [9.17, 15) is 4.79 Å². The van der Waals surface area contributed by atoms with Crippen molar-refractivity contribution in [3.8, 4) is 0 Å². The van der Waals surface area contributed by atoms with E-state index in [1.807, 2.05) is 19.0 Å². The SMILES string of the molecule is CCCCCCCCCCCCCCOC1[C@H](OCCCCCCCCCCCCCC)O[C@H](COC(=O)CCN(C)C)[C@@H]1OCCCCCCCCCCCCCC. The predicted octanol–water partition coefficient (Wildman–Crippen LogP) is 15.1. The highest BCUT2D eigenvalue weighted by molar-refractivity contribution is 5.69. The molecule has 0 amide bonds. The first-order valence-electron chi connectivity index (χ1n) is 26.3. The van der Waals surface area contributed by atoms with Crippen LogP contribution in [0.25, 0.3) is 0 Å². The molecule has 0 spiro atoms. The Morgan fingerprint density at radius 2 is 0.729 bits per heavy atom. The highest BCUT2D eigenvalue weighted by Gasteiger charge is 2.47. The topological polar surface area (TPSA) is 66.5 Å². The van der Waals surface area contributed by atoms with Gasteiger partial charge in [0.05, 0.1) is 6.42 Å². The van der Waals surface area contributed by atoms with Gasteiger partial charge in [0.2, 0.25) is 0 Å². The molecule has 1 heterocycles. The maximum absolute atomic E-state index is 12.7. The normalized spacial score (nSPS) is 18.1. The lowest BCUT2D eigenvalue weighted by atomic mass is 10.1. The minimum Gasteiger partial charge on any atom is -0.463 e. The maximum atomic E-state index is 12.7. The molecule has 0 aliphatic carbocycles. The Bertz CT molecular complexity index is 857. The van der Waals surface area contributed by atoms with E-state index in [1.54, 1.807) is 0 Å². The van der Waals surface area contributed by atoms with Crippen molar-refractivity contribution < 1.29 is 28.5 Å². The van der Waals surface area contributed by atoms with Crippen molar-refractivity contribution in [1.29, 1.82) is 0 Å². The number of hydrogen-bond donors (Lipinski definition) is 0. The van der Waals surface area contributed by atoms with Crippen LogP contribution >= 0.6 is 0 Å². The third-order valence-corrected chi connectivity index (χ3v) is 12.3. The van der Waals surface area contributed by atoms with E-state index in [-0.39, 0.29) is 24.8 Å². The number of unbranched alkanes of at least 4 members (excludes halogenated alkanes) is 33. The Balaban J connectivity index is 2.63. The van der Waals surface area contributed by atoms with Crippen LogP contribution in [0.5, 0.6) is 0 Å². The highest BCUT2D eigenvalue weighted by atomic mass is 16.7. The number of nitrogens with zero attached hydrogens (tertiary/aromatic N) is 1. The molecule has 1 saturated heterocycles. The summed E-state index contributed by atoms with van der Waals surface area (Å²) in [5, 5.41) is 0. The lowest BCUT2D eigenvalue weighted by Crippen LogP contribution is -2.40. The van der Waals surface area contributed by atoms with Gasteiger partial charge >= 0.3 is 5.97 Å². The Hall–Kier alpha value is -0.730. The second-order valence-electron chi connectivity index (χ2n) is 18.5. The summed E-state index contributed by atoms with van der Waals surface area (Å²) in [4.78, 5) is 14.7. The molecule has 0 radical (unpaired) electrons. The highest BCUT2D eigenvalue weighted by Crippen LogP contribution is 2.29. The van der Waals surface area contributed by atoms with E-state index >= 15 is 0 Å². The van der Waals surface area contributed by atoms with Gasteiger partial charge in [0, 0.05) is 26.4 Å². The van der Waals surface area contributed by atoms with E-state index in [2.05, 4.69) is 20.8 Å². The van der Waals surface area contributed by atoms with Crippen LogP contribution in [0.15, 0.2) is 0 Å². The van der Waals surface area contributed by atoms with Crippen LogP contribution in [-0.4, -0.2) is 82.5 Å². The summed E-state index contributed by atoms with van der Waals surface area (Å²) >= 11 is 0. The minimum atomic E-state index is -0.502. The number of hydrogen-bond acceptors (Lipinski definition) is 7. The number of carbonyl (C=O) groups is 1. The van der Waals surface area contributed by atoms with Crippen LogP contribution in [0, 0.1) is 0 Å². The van der Waals surface area contributed by atoms with Gasteiger partial charge in [0.1, 0.15) is 24.9 Å². The summed E-state index contributed by atoms with van der Waals surface area (Å²) in [5.41, 5.74) is 0. The number of rotatable bonds is 47. The smallest absolute Gasteiger partial charge is 0.307 e. The average molecular weight is 838 g/mol. The van der Waals surface area contributed by atoms with Crippen LogP contribution < -0.4 is 0 Å². The second kappa shape index (κ2) is 43.9. The molecule has 1 unspecified atom stereocenters. The van der Waals surface area contributed by atoms with E-state index in [1.165, 1.54) is 212 Å². The molecule has 1 fully saturated rings. The van der Waals surface area contributed by atoms with Crippen molar-refractivity contribution in [3.05, 3.63) is 0 Å². The predicted molar refractivity (Wildman–Crippen MR) is 251 cm³/mol. The first kappa shape index (κ1) is 56.3. The van der Waals surface area contributed by atoms with Crippen LogP contribution in [-0.2, 0) is 28.5 Å². The molecule has 1 rings (SSSR count). The van der Waals surface area contributed by atoms with E-state index in [0.29, 0.717) is 32.8 Å². The average Bonchev–Trinajstić information content (AvgIpc) is 3.56. The summed E-state index contributed by atoms with van der Waals surface area (Å²) in [6.45, 7) is 9.70. The van der Waals surface area contributed by atoms with Gasteiger partial charge in [-0.25, -0.2) is 0 Å². The first-order chi connectivity index (χ1) is 29.0. The van der Waals surface area contributed by atoms with Gasteiger partial charge in [0.25, 0.3) is 0 Å². The van der Waals surface area contributed by atoms with E-state index in [4.69, 9.17) is 23.7 Å². The fourth-order valence-corrected chi connectivity index (χ4v) is 8.37. The van der Waals surface area contributed by atoms with Gasteiger partial charge in [-0.15, -0.1) is 0 Å². The van der Waals surface area contributed by atoms with Gasteiger partial charge in [-0.2, -0.15) is 0 Å². The molecule has 0 saturated carbocycles. The molecule has 4 atom stereocenters. The van der Waals surface area contributed by atoms with Crippen molar-refractivity contribution in [2.24, 2.45) is 0 Å². The van der Waals surface area contributed by atoms with E-state index < -0.39 is 12.4 Å². The summed E-state index contributed by atoms with van der Waals surface area (Å²) < 4.78 is 32.1. The molecule has 0 aromatic carbocycles. The molecule has 0 aromatic rings. The summed E-state index contributed by atoms with van der Waals surface area (Å²) in [6.07, 6.45) is 46.3. The molecule has 59 heavy (non-hydrogen) atoms. The Morgan fingerprint density at radius 3 is 1.07 bits per heavy atom. The zero-order valence-corrected chi connectivity index (χ0v) is 40.4. The first-order valence-corrected chi connectivity index (χ1v) is 26.3. The summed E-state index contributed by atoms with van der Waals surface area (Å²) in [6, 6.07) is 0. The molecular formula is C52H103NO6. The quantitative estimate of drug-likeness (QED) is 0.0447. The lowest BCUT2D eigenvalue weighted by Gasteiger charge is -2.25. The van der Waals surface area contributed by atoms with E-state index in [0.717, 1.165) is 19.3 Å². The van der Waals surface area contributed by atoms with Crippen LogP contribution in [0.3, 0.4) is 0 Å². The molecular weight excluding hydrogens is 735 g/mol. The number of esters is 1. The van der Waals surface area contributed by atoms with Crippen molar-refractivity contribution in [3.63, 3.8) is 0 Å². The fraction of sp³-hybridized carbons (Fsp3) is 0.981. The molecule has 7 heteroatoms. The Morgan fingerprint density at radius 1 is 0.424 bits per heavy atom. The maximum Gasteiger partial charge on any atom is 0.307 e. The van der Waals surface area contributed by atoms with Crippen molar-refractivity contribution in [2.45, 2.75) is 283 Å². The largest absolute Gasteiger partial charge is 0.463 e. The molecule has 0 bridgehead atoms. The molecule has 0 N–H and O–H groups in total. The summed E-state index contributed by atoms with van der Waals surface area (Å²) in [5.74, 6) is -0.197. The number of carbonyl (C=O) groups excluding carboxylic acids is 1.